The number of aromatic carboxylic acids is 1. The van der Waals surface area contributed by atoms with Crippen molar-refractivity contribution in [3.8, 4) is 0 Å². The van der Waals surface area contributed by atoms with E-state index in [9.17, 15) is 9.59 Å². The molecule has 92 valence electrons. The molecule has 0 radical (unpaired) electrons. The molecule has 1 heterocycles. The van der Waals surface area contributed by atoms with Crippen LogP contribution in [0.5, 0.6) is 0 Å². The molecule has 1 aromatic rings. The predicted molar refractivity (Wildman–Crippen MR) is 63.1 cm³/mol. The van der Waals surface area contributed by atoms with Gasteiger partial charge in [0.1, 0.15) is 5.69 Å². The summed E-state index contributed by atoms with van der Waals surface area (Å²) >= 11 is 0. The number of hydrogen-bond donors (Lipinski definition) is 2. The molecule has 5 heteroatoms. The van der Waals surface area contributed by atoms with E-state index in [4.69, 9.17) is 5.11 Å². The Labute approximate surface area is 99.9 Å². The van der Waals surface area contributed by atoms with Crippen molar-refractivity contribution in [2.75, 3.05) is 6.54 Å². The summed E-state index contributed by atoms with van der Waals surface area (Å²) in [5.74, 6) is -0.957. The van der Waals surface area contributed by atoms with E-state index in [2.05, 4.69) is 10.3 Å². The molecule has 5 nitrogen and oxygen atoms in total. The topological polar surface area (TPSA) is 79.3 Å². The summed E-state index contributed by atoms with van der Waals surface area (Å²) in [7, 11) is 0. The number of aryl methyl sites for hydroxylation is 1. The minimum absolute atomic E-state index is 0.116. The van der Waals surface area contributed by atoms with E-state index in [1.54, 1.807) is 6.92 Å². The average Bonchev–Trinajstić information content (AvgIpc) is 2.25. The molecule has 0 saturated heterocycles. The Morgan fingerprint density at radius 3 is 2.53 bits per heavy atom. The zero-order valence-corrected chi connectivity index (χ0v) is 10.2. The molecule has 0 saturated carbocycles. The van der Waals surface area contributed by atoms with Gasteiger partial charge in [0, 0.05) is 6.54 Å². The third-order valence-corrected chi connectivity index (χ3v) is 2.22. The van der Waals surface area contributed by atoms with Crippen molar-refractivity contribution in [1.82, 2.24) is 10.3 Å². The van der Waals surface area contributed by atoms with Crippen LogP contribution in [0.25, 0.3) is 0 Å². The van der Waals surface area contributed by atoms with Gasteiger partial charge in [-0.25, -0.2) is 9.78 Å². The molecule has 0 spiro atoms. The molecule has 0 unspecified atom stereocenters. The van der Waals surface area contributed by atoms with E-state index in [0.29, 0.717) is 18.2 Å². The minimum Gasteiger partial charge on any atom is -0.478 e. The number of carbonyl (C=O) groups is 2. The molecule has 0 aromatic carbocycles. The highest BCUT2D eigenvalue weighted by Crippen LogP contribution is 2.07. The van der Waals surface area contributed by atoms with Crippen LogP contribution in [0.2, 0.25) is 0 Å². The number of carbonyl (C=O) groups excluding carboxylic acids is 1. The maximum atomic E-state index is 11.7. The fraction of sp³-hybridized carbons (Fsp3) is 0.417. The van der Waals surface area contributed by atoms with Gasteiger partial charge in [-0.3, -0.25) is 4.79 Å². The Kier molecular flexibility index (Phi) is 4.20. The number of amides is 1. The molecule has 17 heavy (non-hydrogen) atoms. The van der Waals surface area contributed by atoms with Crippen molar-refractivity contribution < 1.29 is 14.7 Å². The van der Waals surface area contributed by atoms with Crippen LogP contribution < -0.4 is 5.32 Å². The Morgan fingerprint density at radius 1 is 1.41 bits per heavy atom. The van der Waals surface area contributed by atoms with Crippen LogP contribution >= 0.6 is 0 Å². The number of carboxylic acids is 1. The summed E-state index contributed by atoms with van der Waals surface area (Å²) in [6.07, 6.45) is 0. The third-order valence-electron chi connectivity index (χ3n) is 2.22. The first-order valence-corrected chi connectivity index (χ1v) is 5.41. The second-order valence-electron chi connectivity index (χ2n) is 4.24. The maximum absolute atomic E-state index is 11.7. The van der Waals surface area contributed by atoms with Gasteiger partial charge in [-0.05, 0) is 25.0 Å². The molecular formula is C12H16N2O3. The number of aromatic nitrogens is 1. The van der Waals surface area contributed by atoms with Crippen LogP contribution in [-0.2, 0) is 0 Å². The number of hydrogen-bond acceptors (Lipinski definition) is 3. The van der Waals surface area contributed by atoms with Gasteiger partial charge in [0.25, 0.3) is 5.91 Å². The number of carboxylic acid groups (broad SMARTS) is 1. The van der Waals surface area contributed by atoms with E-state index < -0.39 is 5.97 Å². The second kappa shape index (κ2) is 5.43. The zero-order valence-electron chi connectivity index (χ0n) is 10.2. The second-order valence-corrected chi connectivity index (χ2v) is 4.24. The molecule has 0 fully saturated rings. The highest BCUT2D eigenvalue weighted by molar-refractivity contribution is 5.94. The minimum atomic E-state index is -1.04. The lowest BCUT2D eigenvalue weighted by atomic mass is 10.2. The number of pyridine rings is 1. The van der Waals surface area contributed by atoms with E-state index in [0.717, 1.165) is 0 Å². The van der Waals surface area contributed by atoms with Crippen molar-refractivity contribution in [2.45, 2.75) is 20.8 Å². The number of rotatable bonds is 4. The van der Waals surface area contributed by atoms with Crippen molar-refractivity contribution >= 4 is 11.9 Å². The van der Waals surface area contributed by atoms with E-state index in [-0.39, 0.29) is 17.2 Å². The van der Waals surface area contributed by atoms with Crippen LogP contribution in [0.3, 0.4) is 0 Å². The SMILES string of the molecule is Cc1nc(C(=O)NCC(C)C)ccc1C(=O)O. The standard InChI is InChI=1S/C12H16N2O3/c1-7(2)6-13-11(15)10-5-4-9(12(16)17)8(3)14-10/h4-5,7H,6H2,1-3H3,(H,13,15)(H,16,17). The summed E-state index contributed by atoms with van der Waals surface area (Å²) in [6, 6.07) is 2.82. The molecule has 0 atom stereocenters. The van der Waals surface area contributed by atoms with Gasteiger partial charge in [0.05, 0.1) is 11.3 Å². The maximum Gasteiger partial charge on any atom is 0.337 e. The van der Waals surface area contributed by atoms with Crippen molar-refractivity contribution in [3.05, 3.63) is 29.1 Å². The molecule has 1 aromatic heterocycles. The van der Waals surface area contributed by atoms with E-state index in [1.165, 1.54) is 12.1 Å². The van der Waals surface area contributed by atoms with E-state index >= 15 is 0 Å². The molecule has 2 N–H and O–H groups in total. The summed E-state index contributed by atoms with van der Waals surface area (Å²) in [5.41, 5.74) is 0.702. The monoisotopic (exact) mass is 236 g/mol. The summed E-state index contributed by atoms with van der Waals surface area (Å²) in [4.78, 5) is 26.4. The highest BCUT2D eigenvalue weighted by atomic mass is 16.4. The fourth-order valence-corrected chi connectivity index (χ4v) is 1.30. The van der Waals surface area contributed by atoms with Gasteiger partial charge < -0.3 is 10.4 Å². The first kappa shape index (κ1) is 13.2. The van der Waals surface area contributed by atoms with Gasteiger partial charge >= 0.3 is 5.97 Å². The molecule has 0 aliphatic heterocycles. The Bertz CT molecular complexity index is 441. The normalized spacial score (nSPS) is 10.4. The van der Waals surface area contributed by atoms with Crippen LogP contribution in [0, 0.1) is 12.8 Å². The lowest BCUT2D eigenvalue weighted by Gasteiger charge is -2.08. The fourth-order valence-electron chi connectivity index (χ4n) is 1.30. The molecule has 0 bridgehead atoms. The van der Waals surface area contributed by atoms with Gasteiger partial charge in [0.15, 0.2) is 0 Å². The van der Waals surface area contributed by atoms with Crippen molar-refractivity contribution in [1.29, 1.82) is 0 Å². The van der Waals surface area contributed by atoms with Crippen LogP contribution in [-0.4, -0.2) is 28.5 Å². The number of nitrogens with zero attached hydrogens (tertiary/aromatic N) is 1. The Morgan fingerprint density at radius 2 is 2.06 bits per heavy atom. The Hall–Kier alpha value is -1.91. The predicted octanol–water partition coefficient (Wildman–Crippen LogP) is 1.47. The van der Waals surface area contributed by atoms with Crippen molar-refractivity contribution in [2.24, 2.45) is 5.92 Å². The third kappa shape index (κ3) is 3.55. The Balaban J connectivity index is 2.83. The first-order valence-electron chi connectivity index (χ1n) is 5.41. The summed E-state index contributed by atoms with van der Waals surface area (Å²) in [5, 5.41) is 11.6. The molecule has 1 amide bonds. The molecular weight excluding hydrogens is 220 g/mol. The summed E-state index contributed by atoms with van der Waals surface area (Å²) in [6.45, 7) is 6.13. The zero-order chi connectivity index (χ0) is 13.0. The van der Waals surface area contributed by atoms with Gasteiger partial charge in [-0.2, -0.15) is 0 Å². The summed E-state index contributed by atoms with van der Waals surface area (Å²) < 4.78 is 0. The van der Waals surface area contributed by atoms with Gasteiger partial charge in [-0.1, -0.05) is 13.8 Å². The largest absolute Gasteiger partial charge is 0.478 e. The van der Waals surface area contributed by atoms with Crippen LogP contribution in [0.4, 0.5) is 0 Å². The molecule has 1 rings (SSSR count). The van der Waals surface area contributed by atoms with E-state index in [1.807, 2.05) is 13.8 Å². The van der Waals surface area contributed by atoms with Gasteiger partial charge in [0.2, 0.25) is 0 Å². The lowest BCUT2D eigenvalue weighted by molar-refractivity contribution is 0.0694. The van der Waals surface area contributed by atoms with Gasteiger partial charge in [-0.15, -0.1) is 0 Å². The first-order chi connectivity index (χ1) is 7.91. The highest BCUT2D eigenvalue weighted by Gasteiger charge is 2.12. The quantitative estimate of drug-likeness (QED) is 0.829. The molecule has 0 aliphatic rings. The average molecular weight is 236 g/mol. The van der Waals surface area contributed by atoms with Crippen LogP contribution in [0.1, 0.15) is 40.4 Å². The smallest absolute Gasteiger partial charge is 0.337 e. The van der Waals surface area contributed by atoms with Crippen molar-refractivity contribution in [3.63, 3.8) is 0 Å². The van der Waals surface area contributed by atoms with Crippen LogP contribution in [0.15, 0.2) is 12.1 Å². The number of nitrogens with one attached hydrogen (secondary N) is 1. The lowest BCUT2D eigenvalue weighted by Crippen LogP contribution is -2.28. The molecule has 0 aliphatic carbocycles.